The number of ketones is 1. The van der Waals surface area contributed by atoms with Crippen LogP contribution in [0.3, 0.4) is 0 Å². The standard InChI is InChI=1S/C11H12O4/c1-13-7-9(12)8-3-2-4-10-11(8)15-6-5-14-10/h2-4H,5-7H2,1H3. The van der Waals surface area contributed by atoms with Crippen molar-refractivity contribution in [2.45, 2.75) is 0 Å². The zero-order valence-corrected chi connectivity index (χ0v) is 8.49. The fraction of sp³-hybridized carbons (Fsp3) is 0.364. The minimum Gasteiger partial charge on any atom is -0.486 e. The van der Waals surface area contributed by atoms with E-state index >= 15 is 0 Å². The highest BCUT2D eigenvalue weighted by molar-refractivity contribution is 6.00. The molecule has 1 aliphatic heterocycles. The molecule has 0 radical (unpaired) electrons. The monoisotopic (exact) mass is 208 g/mol. The van der Waals surface area contributed by atoms with Gasteiger partial charge in [0.15, 0.2) is 17.3 Å². The minimum atomic E-state index is -0.0974. The molecule has 1 aromatic rings. The number of para-hydroxylation sites is 1. The molecule has 0 N–H and O–H groups in total. The van der Waals surface area contributed by atoms with Crippen LogP contribution in [0.25, 0.3) is 0 Å². The fourth-order valence-electron chi connectivity index (χ4n) is 1.50. The van der Waals surface area contributed by atoms with Crippen molar-refractivity contribution in [3.05, 3.63) is 23.8 Å². The summed E-state index contributed by atoms with van der Waals surface area (Å²) < 4.78 is 15.6. The number of benzene rings is 1. The number of Topliss-reactive ketones (excluding diaryl/α,β-unsaturated/α-hetero) is 1. The second kappa shape index (κ2) is 4.31. The third-order valence-corrected chi connectivity index (χ3v) is 2.14. The van der Waals surface area contributed by atoms with Crippen LogP contribution in [0.1, 0.15) is 10.4 Å². The summed E-state index contributed by atoms with van der Waals surface area (Å²) >= 11 is 0. The Kier molecular flexibility index (Phi) is 2.87. The van der Waals surface area contributed by atoms with Crippen LogP contribution in [0.5, 0.6) is 11.5 Å². The first-order valence-corrected chi connectivity index (χ1v) is 4.73. The first kappa shape index (κ1) is 9.98. The number of ether oxygens (including phenoxy) is 3. The molecule has 1 aliphatic rings. The lowest BCUT2D eigenvalue weighted by Gasteiger charge is -2.20. The van der Waals surface area contributed by atoms with Gasteiger partial charge in [0, 0.05) is 7.11 Å². The van der Waals surface area contributed by atoms with Gasteiger partial charge in [0.1, 0.15) is 19.8 Å². The topological polar surface area (TPSA) is 44.8 Å². The number of fused-ring (bicyclic) bond motifs is 1. The summed E-state index contributed by atoms with van der Waals surface area (Å²) in [5.41, 5.74) is 0.522. The average Bonchev–Trinajstić information content (AvgIpc) is 2.28. The summed E-state index contributed by atoms with van der Waals surface area (Å²) in [4.78, 5) is 11.7. The van der Waals surface area contributed by atoms with Crippen LogP contribution in [0.15, 0.2) is 18.2 Å². The summed E-state index contributed by atoms with van der Waals surface area (Å²) in [7, 11) is 1.49. The summed E-state index contributed by atoms with van der Waals surface area (Å²) in [5.74, 6) is 1.06. The van der Waals surface area contributed by atoms with E-state index < -0.39 is 0 Å². The number of hydrogen-bond acceptors (Lipinski definition) is 4. The maximum Gasteiger partial charge on any atom is 0.192 e. The molecule has 0 spiro atoms. The molecule has 0 atom stereocenters. The molecule has 1 heterocycles. The van der Waals surface area contributed by atoms with E-state index in [1.165, 1.54) is 7.11 Å². The molecule has 0 bridgehead atoms. The van der Waals surface area contributed by atoms with Gasteiger partial charge in [-0.05, 0) is 12.1 Å². The van der Waals surface area contributed by atoms with Crippen LogP contribution in [0.2, 0.25) is 0 Å². The summed E-state index contributed by atoms with van der Waals surface area (Å²) in [6.45, 7) is 1.05. The molecular weight excluding hydrogens is 196 g/mol. The van der Waals surface area contributed by atoms with E-state index in [-0.39, 0.29) is 12.4 Å². The number of carbonyl (C=O) groups is 1. The van der Waals surface area contributed by atoms with E-state index in [1.54, 1.807) is 18.2 Å². The van der Waals surface area contributed by atoms with Gasteiger partial charge in [0.05, 0.1) is 5.56 Å². The van der Waals surface area contributed by atoms with Gasteiger partial charge in [0.25, 0.3) is 0 Å². The fourth-order valence-corrected chi connectivity index (χ4v) is 1.50. The summed E-state index contributed by atoms with van der Waals surface area (Å²) in [6, 6.07) is 5.28. The number of carbonyl (C=O) groups excluding carboxylic acids is 1. The zero-order chi connectivity index (χ0) is 10.7. The predicted molar refractivity (Wildman–Crippen MR) is 53.6 cm³/mol. The Morgan fingerprint density at radius 2 is 2.20 bits per heavy atom. The van der Waals surface area contributed by atoms with Crippen LogP contribution >= 0.6 is 0 Å². The number of hydrogen-bond donors (Lipinski definition) is 0. The van der Waals surface area contributed by atoms with Crippen LogP contribution < -0.4 is 9.47 Å². The molecule has 0 saturated carbocycles. The molecule has 1 aromatic carbocycles. The van der Waals surface area contributed by atoms with Crippen molar-refractivity contribution in [3.8, 4) is 11.5 Å². The molecule has 0 unspecified atom stereocenters. The second-order valence-corrected chi connectivity index (χ2v) is 3.19. The molecule has 0 amide bonds. The highest BCUT2D eigenvalue weighted by Crippen LogP contribution is 2.33. The Balaban J connectivity index is 2.34. The van der Waals surface area contributed by atoms with Crippen molar-refractivity contribution < 1.29 is 19.0 Å². The first-order chi connectivity index (χ1) is 7.33. The van der Waals surface area contributed by atoms with Crippen molar-refractivity contribution in [1.82, 2.24) is 0 Å². The normalized spacial score (nSPS) is 13.7. The molecule has 0 aliphatic carbocycles. The van der Waals surface area contributed by atoms with Gasteiger partial charge < -0.3 is 14.2 Å². The van der Waals surface area contributed by atoms with Crippen LogP contribution in [-0.2, 0) is 4.74 Å². The first-order valence-electron chi connectivity index (χ1n) is 4.73. The molecule has 0 aromatic heterocycles. The highest BCUT2D eigenvalue weighted by atomic mass is 16.6. The molecule has 4 heteroatoms. The van der Waals surface area contributed by atoms with Gasteiger partial charge in [-0.2, -0.15) is 0 Å². The lowest BCUT2D eigenvalue weighted by molar-refractivity contribution is 0.0838. The largest absolute Gasteiger partial charge is 0.486 e. The molecule has 4 nitrogen and oxygen atoms in total. The van der Waals surface area contributed by atoms with Crippen molar-refractivity contribution >= 4 is 5.78 Å². The van der Waals surface area contributed by atoms with E-state index in [9.17, 15) is 4.79 Å². The minimum absolute atomic E-state index is 0.0554. The van der Waals surface area contributed by atoms with Crippen molar-refractivity contribution in [3.63, 3.8) is 0 Å². The number of methoxy groups -OCH3 is 1. The number of rotatable bonds is 3. The molecule has 80 valence electrons. The molecular formula is C11H12O4. The maximum atomic E-state index is 11.7. The second-order valence-electron chi connectivity index (χ2n) is 3.19. The Morgan fingerprint density at radius 3 is 3.00 bits per heavy atom. The molecule has 2 rings (SSSR count). The van der Waals surface area contributed by atoms with Crippen molar-refractivity contribution in [2.24, 2.45) is 0 Å². The van der Waals surface area contributed by atoms with E-state index in [0.29, 0.717) is 30.3 Å². The summed E-state index contributed by atoms with van der Waals surface area (Å²) in [5, 5.41) is 0. The zero-order valence-electron chi connectivity index (χ0n) is 8.49. The Bertz CT molecular complexity index is 373. The van der Waals surface area contributed by atoms with Crippen molar-refractivity contribution in [2.75, 3.05) is 26.9 Å². The average molecular weight is 208 g/mol. The SMILES string of the molecule is COCC(=O)c1cccc2c1OCCO2. The third kappa shape index (κ3) is 1.94. The quantitative estimate of drug-likeness (QED) is 0.702. The van der Waals surface area contributed by atoms with Crippen molar-refractivity contribution in [1.29, 1.82) is 0 Å². The van der Waals surface area contributed by atoms with E-state index in [1.807, 2.05) is 0 Å². The van der Waals surface area contributed by atoms with Gasteiger partial charge in [-0.25, -0.2) is 0 Å². The Labute approximate surface area is 87.8 Å². The maximum absolute atomic E-state index is 11.7. The summed E-state index contributed by atoms with van der Waals surface area (Å²) in [6.07, 6.45) is 0. The van der Waals surface area contributed by atoms with E-state index in [0.717, 1.165) is 0 Å². The van der Waals surface area contributed by atoms with E-state index in [2.05, 4.69) is 0 Å². The van der Waals surface area contributed by atoms with Gasteiger partial charge in [0.2, 0.25) is 0 Å². The van der Waals surface area contributed by atoms with Gasteiger partial charge >= 0.3 is 0 Å². The Hall–Kier alpha value is -1.55. The van der Waals surface area contributed by atoms with Gasteiger partial charge in [-0.3, -0.25) is 4.79 Å². The highest BCUT2D eigenvalue weighted by Gasteiger charge is 2.19. The molecule has 15 heavy (non-hydrogen) atoms. The van der Waals surface area contributed by atoms with Gasteiger partial charge in [-0.15, -0.1) is 0 Å². The van der Waals surface area contributed by atoms with Crippen LogP contribution in [0.4, 0.5) is 0 Å². The third-order valence-electron chi connectivity index (χ3n) is 2.14. The predicted octanol–water partition coefficient (Wildman–Crippen LogP) is 1.29. The van der Waals surface area contributed by atoms with E-state index in [4.69, 9.17) is 14.2 Å². The lowest BCUT2D eigenvalue weighted by Crippen LogP contribution is -2.18. The van der Waals surface area contributed by atoms with Crippen LogP contribution in [0, 0.1) is 0 Å². The van der Waals surface area contributed by atoms with Gasteiger partial charge in [-0.1, -0.05) is 6.07 Å². The smallest absolute Gasteiger partial charge is 0.192 e. The molecule has 0 fully saturated rings. The lowest BCUT2D eigenvalue weighted by atomic mass is 10.1. The van der Waals surface area contributed by atoms with Crippen LogP contribution in [-0.4, -0.2) is 32.7 Å². The Morgan fingerprint density at radius 1 is 1.40 bits per heavy atom. The molecule has 0 saturated heterocycles.